The number of anilines is 3. The fourth-order valence-electron chi connectivity index (χ4n) is 4.18. The molecule has 0 bridgehead atoms. The number of hydrogen-bond donors (Lipinski definition) is 1. The minimum Gasteiger partial charge on any atom is -0.462 e. The standard InChI is InChI=1S/C26H28BrF3N4O4S/c1-5-37-23(35)17-14-31-22-16(13-20(27)39-22)21(17)32-15-6-7-19(18(12-15)26(28,29)30)33-8-10-34(11-9-33)24(36)38-25(2,3)4/h6-7,12-14H,5,8-11H2,1-4H3,(H,31,32). The summed E-state index contributed by atoms with van der Waals surface area (Å²) in [7, 11) is 0. The molecule has 13 heteroatoms. The number of nitrogens with zero attached hydrogens (tertiary/aromatic N) is 3. The van der Waals surface area contributed by atoms with Gasteiger partial charge in [-0.15, -0.1) is 11.3 Å². The Morgan fingerprint density at radius 2 is 1.82 bits per heavy atom. The summed E-state index contributed by atoms with van der Waals surface area (Å²) >= 11 is 4.74. The van der Waals surface area contributed by atoms with Crippen molar-refractivity contribution in [1.82, 2.24) is 9.88 Å². The van der Waals surface area contributed by atoms with Crippen molar-refractivity contribution >= 4 is 66.6 Å². The van der Waals surface area contributed by atoms with Crippen molar-refractivity contribution in [2.45, 2.75) is 39.5 Å². The van der Waals surface area contributed by atoms with E-state index in [1.807, 2.05) is 0 Å². The number of rotatable bonds is 5. The van der Waals surface area contributed by atoms with Crippen molar-refractivity contribution in [1.29, 1.82) is 0 Å². The van der Waals surface area contributed by atoms with E-state index in [0.717, 1.165) is 9.85 Å². The lowest BCUT2D eigenvalue weighted by molar-refractivity contribution is -0.137. The molecule has 3 aromatic rings. The zero-order chi connectivity index (χ0) is 28.5. The van der Waals surface area contributed by atoms with Crippen LogP contribution < -0.4 is 10.2 Å². The number of thiophene rings is 1. The van der Waals surface area contributed by atoms with E-state index in [2.05, 4.69) is 26.2 Å². The largest absolute Gasteiger partial charge is 0.462 e. The van der Waals surface area contributed by atoms with Gasteiger partial charge in [-0.25, -0.2) is 14.6 Å². The van der Waals surface area contributed by atoms with Gasteiger partial charge in [-0.05, 0) is 67.9 Å². The number of hydrogen-bond acceptors (Lipinski definition) is 8. The summed E-state index contributed by atoms with van der Waals surface area (Å²) in [5.41, 5.74) is -0.891. The van der Waals surface area contributed by atoms with Crippen molar-refractivity contribution in [3.8, 4) is 0 Å². The second-order valence-electron chi connectivity index (χ2n) is 9.85. The molecule has 1 fully saturated rings. The first-order valence-corrected chi connectivity index (χ1v) is 13.8. The number of benzene rings is 1. The van der Waals surface area contributed by atoms with E-state index in [4.69, 9.17) is 9.47 Å². The molecule has 1 aliphatic heterocycles. The molecule has 3 heterocycles. The Balaban J connectivity index is 1.63. The van der Waals surface area contributed by atoms with Crippen LogP contribution >= 0.6 is 27.3 Å². The molecular weight excluding hydrogens is 601 g/mol. The van der Waals surface area contributed by atoms with E-state index in [1.165, 1.54) is 34.6 Å². The molecule has 210 valence electrons. The molecule has 8 nitrogen and oxygen atoms in total. The highest BCUT2D eigenvalue weighted by molar-refractivity contribution is 9.11. The molecule has 0 radical (unpaired) electrons. The minimum atomic E-state index is -4.64. The van der Waals surface area contributed by atoms with Gasteiger partial charge >= 0.3 is 18.2 Å². The number of carbonyl (C=O) groups excluding carboxylic acids is 2. The summed E-state index contributed by atoms with van der Waals surface area (Å²) in [6.07, 6.45) is -3.77. The molecule has 0 saturated carbocycles. The van der Waals surface area contributed by atoms with Gasteiger partial charge in [-0.2, -0.15) is 13.2 Å². The summed E-state index contributed by atoms with van der Waals surface area (Å²) in [4.78, 5) is 33.0. The van der Waals surface area contributed by atoms with Gasteiger partial charge in [0.25, 0.3) is 0 Å². The average Bonchev–Trinajstić information content (AvgIpc) is 3.23. The van der Waals surface area contributed by atoms with Gasteiger partial charge in [-0.1, -0.05) is 0 Å². The molecular formula is C26H28BrF3N4O4S. The van der Waals surface area contributed by atoms with Crippen molar-refractivity contribution in [2.24, 2.45) is 0 Å². The molecule has 1 amide bonds. The Labute approximate surface area is 236 Å². The van der Waals surface area contributed by atoms with E-state index in [1.54, 1.807) is 38.7 Å². The first-order valence-electron chi connectivity index (χ1n) is 12.2. The smallest absolute Gasteiger partial charge is 0.418 e. The van der Waals surface area contributed by atoms with Crippen LogP contribution in [-0.4, -0.2) is 60.3 Å². The molecule has 1 aromatic carbocycles. The summed E-state index contributed by atoms with van der Waals surface area (Å²) in [6.45, 7) is 7.99. The molecule has 1 saturated heterocycles. The van der Waals surface area contributed by atoms with Crippen LogP contribution in [0.15, 0.2) is 34.2 Å². The molecule has 0 atom stereocenters. The average molecular weight is 629 g/mol. The highest BCUT2D eigenvalue weighted by atomic mass is 79.9. The minimum absolute atomic E-state index is 0.0145. The molecule has 2 aromatic heterocycles. The Morgan fingerprint density at radius 1 is 1.13 bits per heavy atom. The number of halogens is 4. The van der Waals surface area contributed by atoms with Gasteiger partial charge in [0.05, 0.1) is 21.6 Å². The predicted octanol–water partition coefficient (Wildman–Crippen LogP) is 7.06. The topological polar surface area (TPSA) is 84.0 Å². The molecule has 1 aliphatic rings. The predicted molar refractivity (Wildman–Crippen MR) is 148 cm³/mol. The Morgan fingerprint density at radius 3 is 2.44 bits per heavy atom. The summed E-state index contributed by atoms with van der Waals surface area (Å²) in [5, 5.41) is 3.59. The van der Waals surface area contributed by atoms with Crippen LogP contribution in [0.3, 0.4) is 0 Å². The first kappa shape index (κ1) is 28.9. The summed E-state index contributed by atoms with van der Waals surface area (Å²) < 4.78 is 54.0. The number of pyridine rings is 1. The van der Waals surface area contributed by atoms with Gasteiger partial charge in [-0.3, -0.25) is 0 Å². The Bertz CT molecular complexity index is 1380. The quantitative estimate of drug-likeness (QED) is 0.303. The second-order valence-corrected chi connectivity index (χ2v) is 12.3. The first-order chi connectivity index (χ1) is 18.3. The SMILES string of the molecule is CCOC(=O)c1cnc2sc(Br)cc2c1Nc1ccc(N2CCN(C(=O)OC(C)(C)C)CC2)c(C(F)(F)F)c1. The van der Waals surface area contributed by atoms with Crippen molar-refractivity contribution in [2.75, 3.05) is 43.0 Å². The monoisotopic (exact) mass is 628 g/mol. The lowest BCUT2D eigenvalue weighted by atomic mass is 10.1. The van der Waals surface area contributed by atoms with Gasteiger partial charge in [0.15, 0.2) is 0 Å². The highest BCUT2D eigenvalue weighted by Crippen LogP contribution is 2.41. The maximum absolute atomic E-state index is 14.2. The normalized spacial score (nSPS) is 14.5. The maximum atomic E-state index is 14.2. The molecule has 1 N–H and O–H groups in total. The van der Waals surface area contributed by atoms with Crippen LogP contribution in [0.5, 0.6) is 0 Å². The van der Waals surface area contributed by atoms with Crippen LogP contribution in [0.4, 0.5) is 35.0 Å². The second kappa shape index (κ2) is 11.2. The zero-order valence-electron chi connectivity index (χ0n) is 21.8. The number of piperazine rings is 1. The lowest BCUT2D eigenvalue weighted by Crippen LogP contribution is -2.50. The fraction of sp³-hybridized carbons (Fsp3) is 0.423. The number of esters is 1. The van der Waals surface area contributed by atoms with Crippen molar-refractivity contribution in [3.63, 3.8) is 0 Å². The molecule has 39 heavy (non-hydrogen) atoms. The third kappa shape index (κ3) is 6.75. The van der Waals surface area contributed by atoms with Gasteiger partial charge in [0.1, 0.15) is 16.0 Å². The number of aromatic nitrogens is 1. The highest BCUT2D eigenvalue weighted by Gasteiger charge is 2.36. The van der Waals surface area contributed by atoms with Gasteiger partial charge in [0, 0.05) is 49.1 Å². The summed E-state index contributed by atoms with van der Waals surface area (Å²) in [5.74, 6) is -0.632. The van der Waals surface area contributed by atoms with Crippen LogP contribution in [0.1, 0.15) is 43.6 Å². The third-order valence-corrected chi connectivity index (χ3v) is 7.42. The van der Waals surface area contributed by atoms with E-state index < -0.39 is 29.4 Å². The molecule has 0 spiro atoms. The van der Waals surface area contributed by atoms with Crippen LogP contribution in [0.2, 0.25) is 0 Å². The van der Waals surface area contributed by atoms with Crippen molar-refractivity contribution in [3.05, 3.63) is 45.4 Å². The molecule has 0 aliphatic carbocycles. The van der Waals surface area contributed by atoms with E-state index in [9.17, 15) is 22.8 Å². The number of ether oxygens (including phenoxy) is 2. The van der Waals surface area contributed by atoms with E-state index >= 15 is 0 Å². The Kier molecular flexibility index (Phi) is 8.31. The third-order valence-electron chi connectivity index (χ3n) is 5.87. The van der Waals surface area contributed by atoms with Crippen LogP contribution in [0.25, 0.3) is 10.2 Å². The van der Waals surface area contributed by atoms with E-state index in [0.29, 0.717) is 15.9 Å². The zero-order valence-corrected chi connectivity index (χ0v) is 24.2. The van der Waals surface area contributed by atoms with Crippen LogP contribution in [0, 0.1) is 0 Å². The lowest BCUT2D eigenvalue weighted by Gasteiger charge is -2.37. The molecule has 4 rings (SSSR count). The number of nitrogens with one attached hydrogen (secondary N) is 1. The van der Waals surface area contributed by atoms with Gasteiger partial charge < -0.3 is 24.6 Å². The maximum Gasteiger partial charge on any atom is 0.418 e. The number of amides is 1. The number of carbonyl (C=O) groups is 2. The number of alkyl halides is 3. The summed E-state index contributed by atoms with van der Waals surface area (Å²) in [6, 6.07) is 5.72. The van der Waals surface area contributed by atoms with Gasteiger partial charge in [0.2, 0.25) is 0 Å². The fourth-order valence-corrected chi connectivity index (χ4v) is 5.60. The Hall–Kier alpha value is -3.06. The molecule has 0 unspecified atom stereocenters. The van der Waals surface area contributed by atoms with E-state index in [-0.39, 0.29) is 49.7 Å². The van der Waals surface area contributed by atoms with Crippen molar-refractivity contribution < 1.29 is 32.2 Å². The number of fused-ring (bicyclic) bond motifs is 1. The van der Waals surface area contributed by atoms with Crippen LogP contribution in [-0.2, 0) is 15.7 Å².